The predicted molar refractivity (Wildman–Crippen MR) is 90.4 cm³/mol. The van der Waals surface area contributed by atoms with Crippen LogP contribution >= 0.6 is 0 Å². The van der Waals surface area contributed by atoms with Gasteiger partial charge in [-0.05, 0) is 54.3 Å². The third-order valence-electron chi connectivity index (χ3n) is 4.18. The minimum Gasteiger partial charge on any atom is -0.366 e. The Bertz CT molecular complexity index is 850. The van der Waals surface area contributed by atoms with Gasteiger partial charge in [0.1, 0.15) is 5.78 Å². The van der Waals surface area contributed by atoms with Gasteiger partial charge in [-0.2, -0.15) is 0 Å². The Morgan fingerprint density at radius 1 is 1.09 bits per heavy atom. The van der Waals surface area contributed by atoms with Crippen molar-refractivity contribution in [2.24, 2.45) is 10.7 Å². The highest BCUT2D eigenvalue weighted by molar-refractivity contribution is 6.14. The van der Waals surface area contributed by atoms with E-state index in [9.17, 15) is 9.59 Å². The predicted octanol–water partition coefficient (Wildman–Crippen LogP) is 3.04. The summed E-state index contributed by atoms with van der Waals surface area (Å²) in [6.07, 6.45) is 0.647. The van der Waals surface area contributed by atoms with Crippen molar-refractivity contribution in [2.45, 2.75) is 26.7 Å². The number of benzene rings is 2. The number of aliphatic imine (C=N–C) groups is 1. The molecule has 0 spiro atoms. The Balaban J connectivity index is 2.13. The molecule has 0 saturated heterocycles. The third kappa shape index (κ3) is 3.06. The molecule has 0 radical (unpaired) electrons. The van der Waals surface area contributed by atoms with Gasteiger partial charge in [-0.1, -0.05) is 18.2 Å². The summed E-state index contributed by atoms with van der Waals surface area (Å²) in [5.41, 5.74) is 11.3. The number of nitrogens with two attached hydrogens (primary N) is 1. The first-order valence-corrected chi connectivity index (χ1v) is 7.53. The maximum atomic E-state index is 12.3. The van der Waals surface area contributed by atoms with E-state index in [4.69, 9.17) is 10.7 Å². The minimum absolute atomic E-state index is 0.121. The Morgan fingerprint density at radius 2 is 1.83 bits per heavy atom. The molecule has 0 saturated carbocycles. The van der Waals surface area contributed by atoms with E-state index in [0.717, 1.165) is 27.9 Å². The zero-order valence-electron chi connectivity index (χ0n) is 13.2. The molecule has 1 aliphatic rings. The first kappa shape index (κ1) is 15.2. The van der Waals surface area contributed by atoms with Crippen molar-refractivity contribution in [1.82, 2.24) is 0 Å². The molecule has 4 heteroatoms. The van der Waals surface area contributed by atoms with Crippen LogP contribution in [0.25, 0.3) is 0 Å². The number of aryl methyl sites for hydroxylation is 2. The van der Waals surface area contributed by atoms with Crippen molar-refractivity contribution in [1.29, 1.82) is 0 Å². The molecule has 0 aliphatic carbocycles. The Hall–Kier alpha value is -2.75. The van der Waals surface area contributed by atoms with Crippen molar-refractivity contribution in [3.63, 3.8) is 0 Å². The topological polar surface area (TPSA) is 72.5 Å². The molecule has 0 aromatic heterocycles. The summed E-state index contributed by atoms with van der Waals surface area (Å²) in [6.45, 7) is 4.07. The molecule has 23 heavy (non-hydrogen) atoms. The van der Waals surface area contributed by atoms with Crippen molar-refractivity contribution in [3.05, 3.63) is 64.2 Å². The number of nitrogens with zero attached hydrogens (tertiary/aromatic N) is 1. The molecular weight excluding hydrogens is 288 g/mol. The smallest absolute Gasteiger partial charge is 0.248 e. The average molecular weight is 306 g/mol. The fourth-order valence-electron chi connectivity index (χ4n) is 2.77. The second kappa shape index (κ2) is 5.80. The summed E-state index contributed by atoms with van der Waals surface area (Å²) in [6, 6.07) is 11.0. The van der Waals surface area contributed by atoms with Crippen LogP contribution in [-0.4, -0.2) is 17.4 Å². The second-order valence-electron chi connectivity index (χ2n) is 5.96. The number of carbonyl (C=O) groups is 2. The Morgan fingerprint density at radius 3 is 2.57 bits per heavy atom. The van der Waals surface area contributed by atoms with E-state index in [1.54, 1.807) is 18.2 Å². The molecule has 0 atom stereocenters. The maximum Gasteiger partial charge on any atom is 0.248 e. The highest BCUT2D eigenvalue weighted by Gasteiger charge is 2.19. The first-order valence-electron chi connectivity index (χ1n) is 7.53. The van der Waals surface area contributed by atoms with Crippen LogP contribution in [0.15, 0.2) is 41.4 Å². The van der Waals surface area contributed by atoms with E-state index in [-0.39, 0.29) is 12.2 Å². The fraction of sp³-hybridized carbons (Fsp3) is 0.211. The van der Waals surface area contributed by atoms with Gasteiger partial charge in [0.2, 0.25) is 5.91 Å². The van der Waals surface area contributed by atoms with Crippen molar-refractivity contribution >= 4 is 23.1 Å². The maximum absolute atomic E-state index is 12.3. The van der Waals surface area contributed by atoms with Gasteiger partial charge in [0, 0.05) is 18.4 Å². The van der Waals surface area contributed by atoms with Crippen LogP contribution in [0.3, 0.4) is 0 Å². The van der Waals surface area contributed by atoms with Gasteiger partial charge in [-0.3, -0.25) is 14.6 Å². The summed E-state index contributed by atoms with van der Waals surface area (Å²) < 4.78 is 0. The first-order chi connectivity index (χ1) is 10.9. The van der Waals surface area contributed by atoms with Crippen molar-refractivity contribution in [2.75, 3.05) is 0 Å². The van der Waals surface area contributed by atoms with E-state index in [1.165, 1.54) is 0 Å². The molecule has 2 aromatic carbocycles. The third-order valence-corrected chi connectivity index (χ3v) is 4.18. The van der Waals surface area contributed by atoms with Crippen LogP contribution in [-0.2, 0) is 11.2 Å². The van der Waals surface area contributed by atoms with Gasteiger partial charge >= 0.3 is 0 Å². The highest BCUT2D eigenvalue weighted by Crippen LogP contribution is 2.28. The van der Waals surface area contributed by atoms with Crippen LogP contribution in [0.1, 0.15) is 39.0 Å². The molecule has 0 fully saturated rings. The molecule has 0 unspecified atom stereocenters. The van der Waals surface area contributed by atoms with E-state index in [0.29, 0.717) is 17.7 Å². The molecule has 2 N–H and O–H groups in total. The van der Waals surface area contributed by atoms with Crippen LogP contribution in [0.4, 0.5) is 5.69 Å². The zero-order valence-corrected chi connectivity index (χ0v) is 13.2. The number of ketones is 1. The summed E-state index contributed by atoms with van der Waals surface area (Å²) >= 11 is 0. The van der Waals surface area contributed by atoms with E-state index < -0.39 is 5.91 Å². The van der Waals surface area contributed by atoms with E-state index in [1.807, 2.05) is 32.0 Å². The van der Waals surface area contributed by atoms with Crippen molar-refractivity contribution < 1.29 is 9.59 Å². The SMILES string of the molecule is Cc1cc2c(cc1C)N=C(c1cccc(C(N)=O)c1)CC(=O)C2. The number of amides is 1. The van der Waals surface area contributed by atoms with Gasteiger partial charge in [0.25, 0.3) is 0 Å². The Kier molecular flexibility index (Phi) is 3.82. The number of hydrogen-bond acceptors (Lipinski definition) is 3. The van der Waals surface area contributed by atoms with Gasteiger partial charge in [-0.25, -0.2) is 0 Å². The lowest BCUT2D eigenvalue weighted by molar-refractivity contribution is -0.117. The fourth-order valence-corrected chi connectivity index (χ4v) is 2.77. The number of Topliss-reactive ketones (excluding diaryl/α,β-unsaturated/α-hetero) is 1. The number of hydrogen-bond donors (Lipinski definition) is 1. The molecule has 1 amide bonds. The molecule has 3 rings (SSSR count). The number of rotatable bonds is 2. The normalized spacial score (nSPS) is 14.0. The lowest BCUT2D eigenvalue weighted by Gasteiger charge is -2.07. The summed E-state index contributed by atoms with van der Waals surface area (Å²) in [4.78, 5) is 28.3. The van der Waals surface area contributed by atoms with Gasteiger partial charge in [0.15, 0.2) is 0 Å². The van der Waals surface area contributed by atoms with Crippen LogP contribution in [0.5, 0.6) is 0 Å². The van der Waals surface area contributed by atoms with Crippen LogP contribution < -0.4 is 5.73 Å². The van der Waals surface area contributed by atoms with Gasteiger partial charge in [0.05, 0.1) is 11.4 Å². The number of carbonyl (C=O) groups excluding carboxylic acids is 2. The van der Waals surface area contributed by atoms with E-state index in [2.05, 4.69) is 0 Å². The molecule has 0 bridgehead atoms. The lowest BCUT2D eigenvalue weighted by atomic mass is 9.99. The second-order valence-corrected chi connectivity index (χ2v) is 5.96. The Labute approximate surface area is 135 Å². The van der Waals surface area contributed by atoms with Crippen molar-refractivity contribution in [3.8, 4) is 0 Å². The monoisotopic (exact) mass is 306 g/mol. The summed E-state index contributed by atoms with van der Waals surface area (Å²) in [5.74, 6) is -0.366. The molecule has 116 valence electrons. The summed E-state index contributed by atoms with van der Waals surface area (Å²) in [5, 5.41) is 0. The minimum atomic E-state index is -0.487. The number of primary amides is 1. The molecule has 4 nitrogen and oxygen atoms in total. The molecule has 1 aliphatic heterocycles. The largest absolute Gasteiger partial charge is 0.366 e. The van der Waals surface area contributed by atoms with Crippen LogP contribution in [0.2, 0.25) is 0 Å². The standard InChI is InChI=1S/C19H18N2O2/c1-11-6-15-9-16(22)10-18(21-17(15)7-12(11)2)13-4-3-5-14(8-13)19(20)23/h3-8H,9-10H2,1-2H3,(H2,20,23). The average Bonchev–Trinajstić information content (AvgIpc) is 2.66. The zero-order chi connectivity index (χ0) is 16.6. The lowest BCUT2D eigenvalue weighted by Crippen LogP contribution is -2.13. The van der Waals surface area contributed by atoms with Gasteiger partial charge in [-0.15, -0.1) is 0 Å². The molecular formula is C19H18N2O2. The van der Waals surface area contributed by atoms with Gasteiger partial charge < -0.3 is 5.73 Å². The van der Waals surface area contributed by atoms with E-state index >= 15 is 0 Å². The summed E-state index contributed by atoms with van der Waals surface area (Å²) in [7, 11) is 0. The van der Waals surface area contributed by atoms with Crippen LogP contribution in [0, 0.1) is 13.8 Å². The highest BCUT2D eigenvalue weighted by atomic mass is 16.1. The molecule has 1 heterocycles. The molecule has 2 aromatic rings. The quantitative estimate of drug-likeness (QED) is 0.926. The number of fused-ring (bicyclic) bond motifs is 1.